The predicted molar refractivity (Wildman–Crippen MR) is 78.4 cm³/mol. The summed E-state index contributed by atoms with van der Waals surface area (Å²) in [6.07, 6.45) is 6.11. The van der Waals surface area contributed by atoms with Crippen LogP contribution in [0.3, 0.4) is 0 Å². The van der Waals surface area contributed by atoms with Gasteiger partial charge in [0.05, 0.1) is 4.90 Å². The molecule has 110 valence electrons. The van der Waals surface area contributed by atoms with Gasteiger partial charge < -0.3 is 5.32 Å². The van der Waals surface area contributed by atoms with Gasteiger partial charge >= 0.3 is 0 Å². The minimum Gasteiger partial charge on any atom is -0.352 e. The molecule has 1 aromatic rings. The van der Waals surface area contributed by atoms with Crippen molar-refractivity contribution >= 4 is 25.6 Å². The molecule has 0 atom stereocenters. The summed E-state index contributed by atoms with van der Waals surface area (Å²) in [5.41, 5.74) is 0.449. The zero-order valence-corrected chi connectivity index (χ0v) is 12.7. The van der Waals surface area contributed by atoms with E-state index in [0.29, 0.717) is 18.0 Å². The van der Waals surface area contributed by atoms with Gasteiger partial charge in [0, 0.05) is 22.8 Å². The van der Waals surface area contributed by atoms with Crippen LogP contribution in [0.25, 0.3) is 0 Å². The predicted octanol–water partition coefficient (Wildman–Crippen LogP) is 2.92. The first-order chi connectivity index (χ1) is 9.47. The second kappa shape index (κ2) is 6.59. The fraction of sp³-hybridized carbons (Fsp3) is 0.500. The summed E-state index contributed by atoms with van der Waals surface area (Å²) in [4.78, 5) is 12.0. The van der Waals surface area contributed by atoms with Crippen LogP contribution in [0.15, 0.2) is 29.2 Å². The van der Waals surface area contributed by atoms with Crippen molar-refractivity contribution in [3.05, 3.63) is 29.8 Å². The van der Waals surface area contributed by atoms with E-state index < -0.39 is 9.05 Å². The molecule has 1 amide bonds. The van der Waals surface area contributed by atoms with E-state index in [1.165, 1.54) is 56.4 Å². The molecule has 1 aliphatic carbocycles. The van der Waals surface area contributed by atoms with Gasteiger partial charge in [-0.05, 0) is 43.0 Å². The molecule has 0 bridgehead atoms. The number of rotatable bonds is 4. The lowest BCUT2D eigenvalue weighted by Crippen LogP contribution is -2.30. The standard InChI is InChI=1S/C14H18ClNO3S/c15-20(18,19)13-8-6-12(7-9-13)14(17)16-10-11-4-2-1-3-5-11/h6-9,11H,1-5,10H2,(H,16,17). The number of hydrogen-bond donors (Lipinski definition) is 1. The Morgan fingerprint density at radius 3 is 2.30 bits per heavy atom. The highest BCUT2D eigenvalue weighted by molar-refractivity contribution is 8.13. The molecule has 0 spiro atoms. The summed E-state index contributed by atoms with van der Waals surface area (Å²) in [6, 6.07) is 5.65. The topological polar surface area (TPSA) is 63.2 Å². The SMILES string of the molecule is O=C(NCC1CCCCC1)c1ccc(S(=O)(=O)Cl)cc1. The third kappa shape index (κ3) is 4.21. The van der Waals surface area contributed by atoms with E-state index >= 15 is 0 Å². The summed E-state index contributed by atoms with van der Waals surface area (Å²) in [5.74, 6) is 0.393. The van der Waals surface area contributed by atoms with Crippen LogP contribution in [0, 0.1) is 5.92 Å². The van der Waals surface area contributed by atoms with Gasteiger partial charge in [0.25, 0.3) is 15.0 Å². The van der Waals surface area contributed by atoms with Crippen LogP contribution >= 0.6 is 10.7 Å². The maximum absolute atomic E-state index is 12.0. The van der Waals surface area contributed by atoms with Crippen LogP contribution in [0.2, 0.25) is 0 Å². The highest BCUT2D eigenvalue weighted by Crippen LogP contribution is 2.23. The van der Waals surface area contributed by atoms with Crippen molar-refractivity contribution in [1.29, 1.82) is 0 Å². The first-order valence-electron chi connectivity index (χ1n) is 6.80. The summed E-state index contributed by atoms with van der Waals surface area (Å²) < 4.78 is 22.2. The van der Waals surface area contributed by atoms with Crippen molar-refractivity contribution in [2.24, 2.45) is 5.92 Å². The van der Waals surface area contributed by atoms with Crippen LogP contribution in [0.4, 0.5) is 0 Å². The van der Waals surface area contributed by atoms with E-state index in [1.54, 1.807) is 0 Å². The second-order valence-electron chi connectivity index (χ2n) is 5.18. The molecule has 0 saturated heterocycles. The normalized spacial score (nSPS) is 16.9. The Kier molecular flexibility index (Phi) is 5.05. The monoisotopic (exact) mass is 315 g/mol. The molecule has 2 rings (SSSR count). The minimum atomic E-state index is -3.73. The summed E-state index contributed by atoms with van der Waals surface area (Å²) in [7, 11) is 1.49. The molecular formula is C14H18ClNO3S. The van der Waals surface area contributed by atoms with Crippen molar-refractivity contribution in [3.63, 3.8) is 0 Å². The Bertz CT molecular complexity index is 563. The van der Waals surface area contributed by atoms with E-state index in [2.05, 4.69) is 5.32 Å². The molecule has 0 radical (unpaired) electrons. The Morgan fingerprint density at radius 2 is 1.75 bits per heavy atom. The zero-order valence-electron chi connectivity index (χ0n) is 11.1. The molecule has 1 N–H and O–H groups in total. The Balaban J connectivity index is 1.92. The summed E-state index contributed by atoms with van der Waals surface area (Å²) in [6.45, 7) is 0.689. The van der Waals surface area contributed by atoms with Gasteiger partial charge in [0.2, 0.25) is 0 Å². The average Bonchev–Trinajstić information content (AvgIpc) is 2.45. The van der Waals surface area contributed by atoms with Crippen molar-refractivity contribution in [2.45, 2.75) is 37.0 Å². The van der Waals surface area contributed by atoms with E-state index in [1.807, 2.05) is 0 Å². The van der Waals surface area contributed by atoms with Crippen molar-refractivity contribution < 1.29 is 13.2 Å². The second-order valence-corrected chi connectivity index (χ2v) is 7.74. The van der Waals surface area contributed by atoms with Gasteiger partial charge in [-0.1, -0.05) is 19.3 Å². The first-order valence-corrected chi connectivity index (χ1v) is 9.10. The quantitative estimate of drug-likeness (QED) is 0.869. The number of carbonyl (C=O) groups is 1. The van der Waals surface area contributed by atoms with Gasteiger partial charge in [0.15, 0.2) is 0 Å². The molecule has 0 aliphatic heterocycles. The highest BCUT2D eigenvalue weighted by Gasteiger charge is 2.15. The fourth-order valence-electron chi connectivity index (χ4n) is 2.50. The maximum atomic E-state index is 12.0. The van der Waals surface area contributed by atoms with E-state index in [9.17, 15) is 13.2 Å². The number of amides is 1. The smallest absolute Gasteiger partial charge is 0.261 e. The van der Waals surface area contributed by atoms with Crippen LogP contribution in [-0.2, 0) is 9.05 Å². The zero-order chi connectivity index (χ0) is 14.6. The lowest BCUT2D eigenvalue weighted by molar-refractivity contribution is 0.0943. The Hall–Kier alpha value is -1.07. The lowest BCUT2D eigenvalue weighted by Gasteiger charge is -2.21. The Labute approximate surface area is 123 Å². The van der Waals surface area contributed by atoms with Gasteiger partial charge in [-0.3, -0.25) is 4.79 Å². The minimum absolute atomic E-state index is 0.00278. The number of carbonyl (C=O) groups excluding carboxylic acids is 1. The number of nitrogens with one attached hydrogen (secondary N) is 1. The maximum Gasteiger partial charge on any atom is 0.261 e. The first kappa shape index (κ1) is 15.3. The van der Waals surface area contributed by atoms with E-state index in [-0.39, 0.29) is 10.8 Å². The molecule has 0 heterocycles. The molecule has 1 aliphatic rings. The molecule has 1 fully saturated rings. The van der Waals surface area contributed by atoms with Crippen molar-refractivity contribution in [1.82, 2.24) is 5.32 Å². The Morgan fingerprint density at radius 1 is 1.15 bits per heavy atom. The number of hydrogen-bond acceptors (Lipinski definition) is 3. The average molecular weight is 316 g/mol. The molecule has 0 unspecified atom stereocenters. The molecule has 20 heavy (non-hydrogen) atoms. The van der Waals surface area contributed by atoms with Crippen LogP contribution in [0.5, 0.6) is 0 Å². The van der Waals surface area contributed by atoms with Crippen molar-refractivity contribution in [2.75, 3.05) is 6.54 Å². The van der Waals surface area contributed by atoms with Crippen LogP contribution in [-0.4, -0.2) is 20.9 Å². The molecular weight excluding hydrogens is 298 g/mol. The number of halogens is 1. The van der Waals surface area contributed by atoms with Gasteiger partial charge in [0.1, 0.15) is 0 Å². The largest absolute Gasteiger partial charge is 0.352 e. The molecule has 1 aromatic carbocycles. The van der Waals surface area contributed by atoms with Gasteiger partial charge in [-0.2, -0.15) is 0 Å². The third-order valence-corrected chi connectivity index (χ3v) is 5.04. The molecule has 6 heteroatoms. The van der Waals surface area contributed by atoms with E-state index in [4.69, 9.17) is 10.7 Å². The van der Waals surface area contributed by atoms with Gasteiger partial charge in [-0.15, -0.1) is 0 Å². The molecule has 1 saturated carbocycles. The third-order valence-electron chi connectivity index (χ3n) is 3.67. The van der Waals surface area contributed by atoms with Gasteiger partial charge in [-0.25, -0.2) is 8.42 Å². The van der Waals surface area contributed by atoms with E-state index in [0.717, 1.165) is 0 Å². The highest BCUT2D eigenvalue weighted by atomic mass is 35.7. The lowest BCUT2D eigenvalue weighted by atomic mass is 9.89. The van der Waals surface area contributed by atoms with Crippen LogP contribution in [0.1, 0.15) is 42.5 Å². The van der Waals surface area contributed by atoms with Crippen molar-refractivity contribution in [3.8, 4) is 0 Å². The number of benzene rings is 1. The fourth-order valence-corrected chi connectivity index (χ4v) is 3.27. The molecule has 4 nitrogen and oxygen atoms in total. The molecule has 0 aromatic heterocycles. The summed E-state index contributed by atoms with van der Waals surface area (Å²) >= 11 is 0. The summed E-state index contributed by atoms with van der Waals surface area (Å²) in [5, 5.41) is 2.91. The van der Waals surface area contributed by atoms with Crippen LogP contribution < -0.4 is 5.32 Å².